The van der Waals surface area contributed by atoms with Gasteiger partial charge in [0.25, 0.3) is 0 Å². The van der Waals surface area contributed by atoms with Gasteiger partial charge in [-0.3, -0.25) is 4.79 Å². The monoisotopic (exact) mass is 319 g/mol. The van der Waals surface area contributed by atoms with Gasteiger partial charge in [-0.25, -0.2) is 9.97 Å². The van der Waals surface area contributed by atoms with Crippen LogP contribution in [0.2, 0.25) is 0 Å². The van der Waals surface area contributed by atoms with Crippen LogP contribution in [0.1, 0.15) is 17.8 Å². The summed E-state index contributed by atoms with van der Waals surface area (Å²) >= 11 is 0. The number of hydrogen-bond donors (Lipinski definition) is 1. The zero-order valence-electron chi connectivity index (χ0n) is 14.1. The molecule has 0 spiro atoms. The second kappa shape index (κ2) is 6.80. The molecule has 7 heteroatoms. The summed E-state index contributed by atoms with van der Waals surface area (Å²) in [7, 11) is 2.13. The number of ether oxygens (including phenoxy) is 1. The van der Waals surface area contributed by atoms with E-state index in [0.29, 0.717) is 13.2 Å². The normalized spacial score (nSPS) is 22.4. The Morgan fingerprint density at radius 3 is 2.39 bits per heavy atom. The van der Waals surface area contributed by atoms with Crippen LogP contribution < -0.4 is 10.2 Å². The van der Waals surface area contributed by atoms with Crippen molar-refractivity contribution in [3.63, 3.8) is 0 Å². The van der Waals surface area contributed by atoms with Gasteiger partial charge in [0.1, 0.15) is 0 Å². The maximum atomic E-state index is 12.3. The molecule has 1 aromatic rings. The lowest BCUT2D eigenvalue weighted by molar-refractivity contribution is -0.119. The number of rotatable bonds is 3. The van der Waals surface area contributed by atoms with E-state index in [2.05, 4.69) is 32.1 Å². The Balaban J connectivity index is 1.73. The van der Waals surface area contributed by atoms with Crippen molar-refractivity contribution in [3.8, 4) is 0 Å². The first-order valence-electron chi connectivity index (χ1n) is 8.22. The number of hydrogen-bond acceptors (Lipinski definition) is 6. The molecular formula is C16H25N5O2. The van der Waals surface area contributed by atoms with Crippen molar-refractivity contribution in [2.45, 2.75) is 20.3 Å². The van der Waals surface area contributed by atoms with Crippen molar-refractivity contribution in [3.05, 3.63) is 11.4 Å². The van der Waals surface area contributed by atoms with Crippen LogP contribution >= 0.6 is 0 Å². The number of aromatic nitrogens is 2. The molecular weight excluding hydrogens is 294 g/mol. The number of nitrogens with zero attached hydrogens (tertiary/aromatic N) is 4. The van der Waals surface area contributed by atoms with Gasteiger partial charge in [0.2, 0.25) is 11.9 Å². The Bertz CT molecular complexity index is 555. The third-order valence-electron chi connectivity index (χ3n) is 4.59. The van der Waals surface area contributed by atoms with Gasteiger partial charge < -0.3 is 19.9 Å². The minimum atomic E-state index is -0.0638. The van der Waals surface area contributed by atoms with E-state index in [1.807, 2.05) is 13.8 Å². The first-order chi connectivity index (χ1) is 11.0. The Morgan fingerprint density at radius 2 is 1.83 bits per heavy atom. The Kier molecular flexibility index (Phi) is 4.77. The van der Waals surface area contributed by atoms with Gasteiger partial charge in [-0.1, -0.05) is 0 Å². The maximum Gasteiger partial charge on any atom is 0.230 e. The van der Waals surface area contributed by atoms with Crippen molar-refractivity contribution < 1.29 is 9.53 Å². The van der Waals surface area contributed by atoms with E-state index in [1.165, 1.54) is 0 Å². The van der Waals surface area contributed by atoms with Crippen LogP contribution in [0.3, 0.4) is 0 Å². The zero-order chi connectivity index (χ0) is 16.4. The molecule has 0 saturated carbocycles. The molecule has 0 radical (unpaired) electrons. The highest BCUT2D eigenvalue weighted by Gasteiger charge is 2.25. The first-order valence-corrected chi connectivity index (χ1v) is 8.22. The number of carbonyl (C=O) groups is 1. The van der Waals surface area contributed by atoms with Crippen LogP contribution in [0.15, 0.2) is 0 Å². The number of piperazine rings is 1. The third kappa shape index (κ3) is 3.61. The number of carbonyl (C=O) groups excluding carboxylic acids is 1. The summed E-state index contributed by atoms with van der Waals surface area (Å²) in [5.74, 6) is 0.700. The Morgan fingerprint density at radius 1 is 1.17 bits per heavy atom. The fraction of sp³-hybridized carbons (Fsp3) is 0.688. The van der Waals surface area contributed by atoms with Crippen LogP contribution in [0.4, 0.5) is 11.6 Å². The van der Waals surface area contributed by atoms with Crippen molar-refractivity contribution in [1.82, 2.24) is 14.9 Å². The molecule has 1 N–H and O–H groups in total. The number of aryl methyl sites for hydroxylation is 2. The zero-order valence-corrected chi connectivity index (χ0v) is 14.1. The predicted octanol–water partition coefficient (Wildman–Crippen LogP) is 0.820. The SMILES string of the molecule is Cc1nc(N2CCN(C)CC2)nc(C)c1NC(=O)C1CCOC1. The number of likely N-dealkylation sites (N-methyl/N-ethyl adjacent to an activating group) is 1. The van der Waals surface area contributed by atoms with Crippen molar-refractivity contribution in [2.75, 3.05) is 56.7 Å². The van der Waals surface area contributed by atoms with Crippen LogP contribution in [-0.2, 0) is 9.53 Å². The van der Waals surface area contributed by atoms with Gasteiger partial charge >= 0.3 is 0 Å². The Hall–Kier alpha value is -1.73. The molecule has 2 aliphatic heterocycles. The number of nitrogens with one attached hydrogen (secondary N) is 1. The minimum Gasteiger partial charge on any atom is -0.381 e. The quantitative estimate of drug-likeness (QED) is 0.889. The summed E-state index contributed by atoms with van der Waals surface area (Å²) in [6.07, 6.45) is 0.782. The van der Waals surface area contributed by atoms with Gasteiger partial charge in [-0.05, 0) is 27.3 Å². The van der Waals surface area contributed by atoms with Crippen LogP contribution in [0.25, 0.3) is 0 Å². The van der Waals surface area contributed by atoms with Gasteiger partial charge in [0.15, 0.2) is 0 Å². The number of amides is 1. The van der Waals surface area contributed by atoms with E-state index in [-0.39, 0.29) is 11.8 Å². The van der Waals surface area contributed by atoms with E-state index >= 15 is 0 Å². The van der Waals surface area contributed by atoms with E-state index in [1.54, 1.807) is 0 Å². The first kappa shape index (κ1) is 16.1. The lowest BCUT2D eigenvalue weighted by atomic mass is 10.1. The molecule has 3 rings (SSSR count). The van der Waals surface area contributed by atoms with Crippen molar-refractivity contribution in [1.29, 1.82) is 0 Å². The van der Waals surface area contributed by atoms with Crippen LogP contribution in [0, 0.1) is 19.8 Å². The third-order valence-corrected chi connectivity index (χ3v) is 4.59. The fourth-order valence-corrected chi connectivity index (χ4v) is 2.99. The van der Waals surface area contributed by atoms with Gasteiger partial charge in [-0.15, -0.1) is 0 Å². The largest absolute Gasteiger partial charge is 0.381 e. The summed E-state index contributed by atoms with van der Waals surface area (Å²) in [4.78, 5) is 26.0. The van der Waals surface area contributed by atoms with Gasteiger partial charge in [0.05, 0.1) is 29.6 Å². The number of anilines is 2. The van der Waals surface area contributed by atoms with Gasteiger partial charge in [0, 0.05) is 32.8 Å². The van der Waals surface area contributed by atoms with Crippen molar-refractivity contribution in [2.24, 2.45) is 5.92 Å². The fourth-order valence-electron chi connectivity index (χ4n) is 2.99. The summed E-state index contributed by atoms with van der Waals surface area (Å²) < 4.78 is 5.28. The van der Waals surface area contributed by atoms with Crippen LogP contribution in [-0.4, -0.2) is 67.2 Å². The highest BCUT2D eigenvalue weighted by molar-refractivity contribution is 5.93. The standard InChI is InChI=1S/C16H25N5O2/c1-11-14(19-15(22)13-4-9-23-10-13)12(2)18-16(17-11)21-7-5-20(3)6-8-21/h13H,4-10H2,1-3H3,(H,19,22). The lowest BCUT2D eigenvalue weighted by Crippen LogP contribution is -2.45. The highest BCUT2D eigenvalue weighted by Crippen LogP contribution is 2.23. The molecule has 23 heavy (non-hydrogen) atoms. The molecule has 0 bridgehead atoms. The second-order valence-corrected chi connectivity index (χ2v) is 6.41. The predicted molar refractivity (Wildman–Crippen MR) is 88.8 cm³/mol. The minimum absolute atomic E-state index is 0.00430. The maximum absolute atomic E-state index is 12.3. The molecule has 1 atom stereocenters. The van der Waals surface area contributed by atoms with Crippen LogP contribution in [0.5, 0.6) is 0 Å². The molecule has 2 fully saturated rings. The highest BCUT2D eigenvalue weighted by atomic mass is 16.5. The average Bonchev–Trinajstić information content (AvgIpc) is 3.05. The molecule has 3 heterocycles. The molecule has 1 aromatic heterocycles. The molecule has 1 amide bonds. The van der Waals surface area contributed by atoms with Gasteiger partial charge in [-0.2, -0.15) is 0 Å². The summed E-state index contributed by atoms with van der Waals surface area (Å²) in [6, 6.07) is 0. The molecule has 7 nitrogen and oxygen atoms in total. The molecule has 1 unspecified atom stereocenters. The van der Waals surface area contributed by atoms with E-state index < -0.39 is 0 Å². The molecule has 0 aliphatic carbocycles. The Labute approximate surface area is 137 Å². The van der Waals surface area contributed by atoms with E-state index in [9.17, 15) is 4.79 Å². The molecule has 2 aliphatic rings. The molecule has 0 aromatic carbocycles. The second-order valence-electron chi connectivity index (χ2n) is 6.41. The van der Waals surface area contributed by atoms with E-state index in [4.69, 9.17) is 4.74 Å². The molecule has 126 valence electrons. The molecule has 2 saturated heterocycles. The topological polar surface area (TPSA) is 70.6 Å². The smallest absolute Gasteiger partial charge is 0.230 e. The summed E-state index contributed by atoms with van der Waals surface area (Å²) in [6.45, 7) is 8.91. The summed E-state index contributed by atoms with van der Waals surface area (Å²) in [5.41, 5.74) is 2.37. The lowest BCUT2D eigenvalue weighted by Gasteiger charge is -2.32. The van der Waals surface area contributed by atoms with Crippen molar-refractivity contribution >= 4 is 17.5 Å². The summed E-state index contributed by atoms with van der Waals surface area (Å²) in [5, 5.41) is 2.99. The van der Waals surface area contributed by atoms with E-state index in [0.717, 1.165) is 55.6 Å². The average molecular weight is 319 g/mol.